The van der Waals surface area contributed by atoms with Crippen molar-refractivity contribution in [3.63, 3.8) is 0 Å². The van der Waals surface area contributed by atoms with Crippen LogP contribution in [0.5, 0.6) is 17.2 Å². The molecule has 0 bridgehead atoms. The minimum absolute atomic E-state index is 0.179. The van der Waals surface area contributed by atoms with Crippen LogP contribution in [0.2, 0.25) is 0 Å². The number of carbonyl (C=O) groups excluding carboxylic acids is 1. The van der Waals surface area contributed by atoms with Crippen LogP contribution in [0, 0.1) is 0 Å². The number of carbonyl (C=O) groups is 1. The van der Waals surface area contributed by atoms with Crippen molar-refractivity contribution in [3.8, 4) is 17.2 Å². The molecule has 2 N–H and O–H groups in total. The van der Waals surface area contributed by atoms with Gasteiger partial charge in [0.1, 0.15) is 17.3 Å². The van der Waals surface area contributed by atoms with Gasteiger partial charge in [-0.05, 0) is 53.9 Å². The van der Waals surface area contributed by atoms with Gasteiger partial charge in [-0.3, -0.25) is 9.69 Å². The minimum Gasteiger partial charge on any atom is -0.508 e. The van der Waals surface area contributed by atoms with E-state index in [9.17, 15) is 9.90 Å². The Balaban J connectivity index is 1.12. The fraction of sp³-hybridized carbons (Fsp3) is 0.308. The Morgan fingerprint density at radius 1 is 0.941 bits per heavy atom. The van der Waals surface area contributed by atoms with E-state index in [4.69, 9.17) is 9.47 Å². The van der Waals surface area contributed by atoms with Gasteiger partial charge >= 0.3 is 0 Å². The molecule has 0 spiro atoms. The van der Waals surface area contributed by atoms with E-state index in [1.54, 1.807) is 18.2 Å². The average Bonchev–Trinajstić information content (AvgIpc) is 3.34. The lowest BCUT2D eigenvalue weighted by Crippen LogP contribution is -2.46. The monoisotopic (exact) mass is 460 g/mol. The predicted octanol–water partition coefficient (Wildman–Crippen LogP) is 2.81. The molecule has 2 aliphatic rings. The largest absolute Gasteiger partial charge is 0.508 e. The molecule has 0 radical (unpaired) electrons. The molecule has 0 saturated carbocycles. The fourth-order valence-electron chi connectivity index (χ4n) is 4.23. The van der Waals surface area contributed by atoms with Crippen molar-refractivity contribution in [2.24, 2.45) is 0 Å². The Morgan fingerprint density at radius 3 is 2.53 bits per heavy atom. The van der Waals surface area contributed by atoms with Gasteiger partial charge in [0, 0.05) is 39.3 Å². The molecule has 34 heavy (non-hydrogen) atoms. The van der Waals surface area contributed by atoms with Crippen LogP contribution < -0.4 is 19.7 Å². The smallest absolute Gasteiger partial charge is 0.269 e. The molecule has 1 saturated heterocycles. The van der Waals surface area contributed by atoms with Crippen LogP contribution in [0.1, 0.15) is 21.6 Å². The van der Waals surface area contributed by atoms with E-state index in [1.807, 2.05) is 30.3 Å². The van der Waals surface area contributed by atoms with Gasteiger partial charge in [-0.25, -0.2) is 4.98 Å². The molecule has 5 rings (SSSR count). The zero-order valence-corrected chi connectivity index (χ0v) is 18.9. The maximum atomic E-state index is 12.6. The molecule has 2 aromatic carbocycles. The summed E-state index contributed by atoms with van der Waals surface area (Å²) < 4.78 is 10.9. The number of nitrogens with one attached hydrogen (secondary N) is 1. The number of nitrogens with zero attached hydrogens (tertiary/aromatic N) is 3. The highest BCUT2D eigenvalue weighted by atomic mass is 16.7. The molecular formula is C26H28N4O4. The summed E-state index contributed by atoms with van der Waals surface area (Å²) in [7, 11) is 0. The number of ether oxygens (including phenoxy) is 2. The average molecular weight is 461 g/mol. The van der Waals surface area contributed by atoms with Crippen LogP contribution in [-0.4, -0.2) is 60.4 Å². The number of piperazine rings is 1. The number of amides is 1. The standard InChI is InChI=1S/C26H28N4O4/c31-21-7-4-19(5-8-21)10-11-27-26(32)22-2-1-3-25(28-22)30-14-12-29(13-15-30)17-20-6-9-23-24(16-20)34-18-33-23/h1-9,16,31H,10-15,17-18H2,(H,27,32). The normalized spacial score (nSPS) is 15.4. The molecule has 3 aromatic rings. The van der Waals surface area contributed by atoms with E-state index in [2.05, 4.69) is 32.2 Å². The van der Waals surface area contributed by atoms with E-state index < -0.39 is 0 Å². The molecule has 0 aliphatic carbocycles. The third-order valence-electron chi connectivity index (χ3n) is 6.14. The molecule has 1 fully saturated rings. The Kier molecular flexibility index (Phi) is 6.49. The van der Waals surface area contributed by atoms with Crippen LogP contribution in [0.4, 0.5) is 5.82 Å². The highest BCUT2D eigenvalue weighted by molar-refractivity contribution is 5.92. The van der Waals surface area contributed by atoms with E-state index in [1.165, 1.54) is 5.56 Å². The van der Waals surface area contributed by atoms with Gasteiger partial charge in [0.05, 0.1) is 0 Å². The third kappa shape index (κ3) is 5.23. The van der Waals surface area contributed by atoms with Crippen LogP contribution in [-0.2, 0) is 13.0 Å². The number of pyridine rings is 1. The Labute approximate surface area is 198 Å². The summed E-state index contributed by atoms with van der Waals surface area (Å²) in [6.45, 7) is 5.20. The van der Waals surface area contributed by atoms with Gasteiger partial charge in [0.25, 0.3) is 5.91 Å². The van der Waals surface area contributed by atoms with Crippen molar-refractivity contribution in [1.29, 1.82) is 0 Å². The first-order valence-electron chi connectivity index (χ1n) is 11.5. The summed E-state index contributed by atoms with van der Waals surface area (Å²) in [4.78, 5) is 21.9. The zero-order chi connectivity index (χ0) is 23.3. The molecule has 1 amide bonds. The lowest BCUT2D eigenvalue weighted by atomic mass is 10.1. The lowest BCUT2D eigenvalue weighted by molar-refractivity contribution is 0.0949. The van der Waals surface area contributed by atoms with Crippen LogP contribution in [0.15, 0.2) is 60.7 Å². The van der Waals surface area contributed by atoms with Crippen LogP contribution >= 0.6 is 0 Å². The van der Waals surface area contributed by atoms with E-state index in [-0.39, 0.29) is 11.7 Å². The molecule has 0 unspecified atom stereocenters. The molecule has 8 nitrogen and oxygen atoms in total. The van der Waals surface area contributed by atoms with Crippen molar-refractivity contribution in [2.75, 3.05) is 44.4 Å². The Hall–Kier alpha value is -3.78. The number of fused-ring (bicyclic) bond motifs is 1. The number of aromatic hydroxyl groups is 1. The van der Waals surface area contributed by atoms with Crippen molar-refractivity contribution >= 4 is 11.7 Å². The minimum atomic E-state index is -0.179. The number of aromatic nitrogens is 1. The molecule has 3 heterocycles. The highest BCUT2D eigenvalue weighted by Gasteiger charge is 2.20. The Bertz CT molecular complexity index is 1140. The molecule has 0 atom stereocenters. The first-order chi connectivity index (χ1) is 16.6. The summed E-state index contributed by atoms with van der Waals surface area (Å²) in [5.41, 5.74) is 2.69. The van der Waals surface area contributed by atoms with Gasteiger partial charge in [-0.1, -0.05) is 24.3 Å². The summed E-state index contributed by atoms with van der Waals surface area (Å²) >= 11 is 0. The second-order valence-corrected chi connectivity index (χ2v) is 8.50. The predicted molar refractivity (Wildman–Crippen MR) is 128 cm³/mol. The van der Waals surface area contributed by atoms with Crippen molar-refractivity contribution in [3.05, 3.63) is 77.5 Å². The number of hydrogen-bond acceptors (Lipinski definition) is 7. The number of phenolic OH excluding ortho intramolecular Hbond substituents is 1. The maximum absolute atomic E-state index is 12.6. The quantitative estimate of drug-likeness (QED) is 0.561. The molecular weight excluding hydrogens is 432 g/mol. The van der Waals surface area contributed by atoms with Crippen molar-refractivity contribution < 1.29 is 19.4 Å². The van der Waals surface area contributed by atoms with Gasteiger partial charge in [-0.2, -0.15) is 0 Å². The second-order valence-electron chi connectivity index (χ2n) is 8.50. The maximum Gasteiger partial charge on any atom is 0.269 e. The summed E-state index contributed by atoms with van der Waals surface area (Å²) in [5, 5.41) is 12.3. The van der Waals surface area contributed by atoms with E-state index in [0.29, 0.717) is 25.5 Å². The van der Waals surface area contributed by atoms with Crippen LogP contribution in [0.3, 0.4) is 0 Å². The number of rotatable bonds is 7. The first kappa shape index (κ1) is 22.0. The van der Waals surface area contributed by atoms with Crippen molar-refractivity contribution in [1.82, 2.24) is 15.2 Å². The van der Waals surface area contributed by atoms with Gasteiger partial charge in [-0.15, -0.1) is 0 Å². The topological polar surface area (TPSA) is 87.2 Å². The van der Waals surface area contributed by atoms with Crippen LogP contribution in [0.25, 0.3) is 0 Å². The van der Waals surface area contributed by atoms with E-state index >= 15 is 0 Å². The van der Waals surface area contributed by atoms with Crippen molar-refractivity contribution in [2.45, 2.75) is 13.0 Å². The number of phenols is 1. The first-order valence-corrected chi connectivity index (χ1v) is 11.5. The fourth-order valence-corrected chi connectivity index (χ4v) is 4.23. The van der Waals surface area contributed by atoms with Gasteiger partial charge in [0.15, 0.2) is 11.5 Å². The Morgan fingerprint density at radius 2 is 1.71 bits per heavy atom. The molecule has 8 heteroatoms. The number of hydrogen-bond donors (Lipinski definition) is 2. The second kappa shape index (κ2) is 10.0. The molecule has 2 aliphatic heterocycles. The SMILES string of the molecule is O=C(NCCc1ccc(O)cc1)c1cccc(N2CCN(Cc3ccc4c(c3)OCO4)CC2)n1. The molecule has 176 valence electrons. The van der Waals surface area contributed by atoms with Gasteiger partial charge in [0.2, 0.25) is 6.79 Å². The summed E-state index contributed by atoms with van der Waals surface area (Å²) in [6.07, 6.45) is 0.692. The van der Waals surface area contributed by atoms with E-state index in [0.717, 1.165) is 55.6 Å². The lowest BCUT2D eigenvalue weighted by Gasteiger charge is -2.35. The summed E-state index contributed by atoms with van der Waals surface area (Å²) in [5.74, 6) is 2.51. The summed E-state index contributed by atoms with van der Waals surface area (Å²) in [6, 6.07) is 18.7. The number of anilines is 1. The molecule has 1 aromatic heterocycles. The highest BCUT2D eigenvalue weighted by Crippen LogP contribution is 2.33. The van der Waals surface area contributed by atoms with Gasteiger partial charge < -0.3 is 24.8 Å². The zero-order valence-electron chi connectivity index (χ0n) is 18.9. The third-order valence-corrected chi connectivity index (χ3v) is 6.14. The number of benzene rings is 2.